The first-order valence-electron chi connectivity index (χ1n) is 6.75. The highest BCUT2D eigenvalue weighted by Gasteiger charge is 2.20. The molecule has 1 aliphatic rings. The van der Waals surface area contributed by atoms with Crippen LogP contribution in [0, 0.1) is 15.9 Å². The molecule has 0 aromatic heterocycles. The second kappa shape index (κ2) is 6.18. The van der Waals surface area contributed by atoms with Crippen molar-refractivity contribution in [2.24, 2.45) is 4.99 Å². The van der Waals surface area contributed by atoms with Crippen molar-refractivity contribution in [1.29, 1.82) is 0 Å². The van der Waals surface area contributed by atoms with E-state index < -0.39 is 10.7 Å². The second-order valence-corrected chi connectivity index (χ2v) is 5.34. The van der Waals surface area contributed by atoms with Gasteiger partial charge in [0.1, 0.15) is 11.5 Å². The lowest BCUT2D eigenvalue weighted by Gasteiger charge is -2.11. The van der Waals surface area contributed by atoms with Gasteiger partial charge in [-0.05, 0) is 30.3 Å². The zero-order chi connectivity index (χ0) is 16.4. The van der Waals surface area contributed by atoms with Crippen molar-refractivity contribution in [3.05, 3.63) is 86.4 Å². The fourth-order valence-corrected chi connectivity index (χ4v) is 2.54. The van der Waals surface area contributed by atoms with E-state index in [1.165, 1.54) is 6.07 Å². The number of anilines is 1. The van der Waals surface area contributed by atoms with Gasteiger partial charge in [0.25, 0.3) is 6.20 Å². The van der Waals surface area contributed by atoms with Crippen LogP contribution < -0.4 is 5.32 Å². The molecule has 7 heteroatoms. The number of aliphatic imine (C=N–C) groups is 1. The van der Waals surface area contributed by atoms with Gasteiger partial charge in [0, 0.05) is 21.8 Å². The summed E-state index contributed by atoms with van der Waals surface area (Å²) in [7, 11) is 0. The number of nitro groups is 1. The maximum absolute atomic E-state index is 14.2. The molecule has 0 radical (unpaired) electrons. The van der Waals surface area contributed by atoms with Gasteiger partial charge in [-0.2, -0.15) is 0 Å². The molecule has 1 aliphatic heterocycles. The normalized spacial score (nSPS) is 15.4. The number of benzodiazepines with no additional fused rings is 1. The lowest BCUT2D eigenvalue weighted by molar-refractivity contribution is -0.403. The summed E-state index contributed by atoms with van der Waals surface area (Å²) in [5.74, 6) is -0.418. The van der Waals surface area contributed by atoms with Crippen LogP contribution in [0.15, 0.2) is 59.4 Å². The summed E-state index contributed by atoms with van der Waals surface area (Å²) in [6.45, 7) is 0.0386. The molecule has 0 bridgehead atoms. The van der Waals surface area contributed by atoms with E-state index >= 15 is 0 Å². The summed E-state index contributed by atoms with van der Waals surface area (Å²) in [6, 6.07) is 11.2. The SMILES string of the molecule is O=[N+]([O-])/[13CH]=C1/CN=C(c2ccccc2F)c2cc(Cl)ccc2N1. The molecule has 1 N–H and O–H groups in total. The number of hydrogen-bond acceptors (Lipinski definition) is 4. The van der Waals surface area contributed by atoms with Gasteiger partial charge >= 0.3 is 0 Å². The van der Waals surface area contributed by atoms with Crippen molar-refractivity contribution in [2.45, 2.75) is 0 Å². The first-order valence-corrected chi connectivity index (χ1v) is 7.13. The van der Waals surface area contributed by atoms with Gasteiger partial charge in [-0.3, -0.25) is 15.1 Å². The Kier molecular flexibility index (Phi) is 4.08. The maximum atomic E-state index is 14.2. The Morgan fingerprint density at radius 3 is 2.78 bits per heavy atom. The quantitative estimate of drug-likeness (QED) is 0.516. The third-order valence-corrected chi connectivity index (χ3v) is 3.56. The van der Waals surface area contributed by atoms with E-state index in [4.69, 9.17) is 11.6 Å². The molecule has 0 unspecified atom stereocenters. The van der Waals surface area contributed by atoms with E-state index in [0.29, 0.717) is 33.2 Å². The van der Waals surface area contributed by atoms with Crippen LogP contribution in [0.2, 0.25) is 5.02 Å². The number of hydrogen-bond donors (Lipinski definition) is 1. The Labute approximate surface area is 136 Å². The topological polar surface area (TPSA) is 67.5 Å². The van der Waals surface area contributed by atoms with E-state index in [2.05, 4.69) is 10.3 Å². The van der Waals surface area contributed by atoms with E-state index in [1.54, 1.807) is 36.4 Å². The Hall–Kier alpha value is -2.73. The Morgan fingerprint density at radius 2 is 2.04 bits per heavy atom. The minimum atomic E-state index is -0.554. The summed E-state index contributed by atoms with van der Waals surface area (Å²) in [6.07, 6.45) is 0.853. The molecule has 5 nitrogen and oxygen atoms in total. The van der Waals surface area contributed by atoms with E-state index in [-0.39, 0.29) is 6.54 Å². The fraction of sp³-hybridized carbons (Fsp3) is 0.0625. The van der Waals surface area contributed by atoms with Crippen LogP contribution in [-0.4, -0.2) is 17.2 Å². The fourth-order valence-electron chi connectivity index (χ4n) is 2.37. The molecule has 0 atom stereocenters. The summed E-state index contributed by atoms with van der Waals surface area (Å²) in [4.78, 5) is 14.5. The summed E-state index contributed by atoms with van der Waals surface area (Å²) in [5, 5.41) is 14.1. The lowest BCUT2D eigenvalue weighted by Crippen LogP contribution is -2.07. The largest absolute Gasteiger partial charge is 0.352 e. The molecule has 2 aromatic carbocycles. The molecule has 23 heavy (non-hydrogen) atoms. The number of halogens is 2. The molecule has 0 fully saturated rings. The van der Waals surface area contributed by atoms with Crippen LogP contribution in [0.4, 0.5) is 10.1 Å². The zero-order valence-electron chi connectivity index (χ0n) is 11.8. The van der Waals surface area contributed by atoms with E-state index in [9.17, 15) is 14.5 Å². The number of rotatable bonds is 2. The number of fused-ring (bicyclic) bond motifs is 1. The van der Waals surface area contributed by atoms with Gasteiger partial charge in [0.05, 0.1) is 17.2 Å². The van der Waals surface area contributed by atoms with Gasteiger partial charge in [0.15, 0.2) is 0 Å². The van der Waals surface area contributed by atoms with Gasteiger partial charge in [-0.15, -0.1) is 0 Å². The molecular weight excluding hydrogens is 322 g/mol. The smallest absolute Gasteiger partial charge is 0.255 e. The second-order valence-electron chi connectivity index (χ2n) is 4.90. The predicted octanol–water partition coefficient (Wildman–Crippen LogP) is 3.86. The first-order chi connectivity index (χ1) is 11.0. The number of nitrogens with zero attached hydrogens (tertiary/aromatic N) is 2. The van der Waals surface area contributed by atoms with Crippen LogP contribution in [-0.2, 0) is 0 Å². The molecule has 0 saturated heterocycles. The van der Waals surface area contributed by atoms with Crippen molar-refractivity contribution in [3.63, 3.8) is 0 Å². The van der Waals surface area contributed by atoms with Crippen molar-refractivity contribution in [1.82, 2.24) is 0 Å². The summed E-state index contributed by atoms with van der Waals surface area (Å²) >= 11 is 6.04. The van der Waals surface area contributed by atoms with E-state index in [0.717, 1.165) is 6.20 Å². The molecule has 0 spiro atoms. The molecule has 116 valence electrons. The predicted molar refractivity (Wildman–Crippen MR) is 87.1 cm³/mol. The zero-order valence-corrected chi connectivity index (χ0v) is 12.5. The van der Waals surface area contributed by atoms with Gasteiger partial charge < -0.3 is 5.32 Å². The monoisotopic (exact) mass is 332 g/mol. The van der Waals surface area contributed by atoms with Crippen LogP contribution in [0.25, 0.3) is 0 Å². The van der Waals surface area contributed by atoms with Crippen LogP contribution in [0.3, 0.4) is 0 Å². The molecule has 0 saturated carbocycles. The van der Waals surface area contributed by atoms with Crippen molar-refractivity contribution in [3.8, 4) is 0 Å². The summed E-state index contributed by atoms with van der Waals surface area (Å²) < 4.78 is 14.2. The highest BCUT2D eigenvalue weighted by atomic mass is 35.5. The molecular formula is C16H11ClFN3O2. The highest BCUT2D eigenvalue weighted by molar-refractivity contribution is 6.31. The standard InChI is InChI=1S/C16H11ClFN3O2/c17-10-5-6-15-13(7-10)16(12-3-1-2-4-14(12)18)19-8-11(20-15)9-21(22)23/h1-7,9,20H,8H2/b11-9-/i9+1. The average Bonchev–Trinajstić information content (AvgIpc) is 2.66. The van der Waals surface area contributed by atoms with Crippen molar-refractivity contribution < 1.29 is 9.31 Å². The molecule has 0 amide bonds. The van der Waals surface area contributed by atoms with Crippen LogP contribution in [0.5, 0.6) is 0 Å². The third kappa shape index (κ3) is 3.22. The van der Waals surface area contributed by atoms with Gasteiger partial charge in [0.2, 0.25) is 0 Å². The van der Waals surface area contributed by atoms with E-state index in [1.807, 2.05) is 0 Å². The first kappa shape index (κ1) is 15.2. The van der Waals surface area contributed by atoms with Crippen molar-refractivity contribution in [2.75, 3.05) is 11.9 Å². The average molecular weight is 333 g/mol. The van der Waals surface area contributed by atoms with Gasteiger partial charge in [-0.25, -0.2) is 4.39 Å². The van der Waals surface area contributed by atoms with Crippen LogP contribution >= 0.6 is 11.6 Å². The molecule has 3 rings (SSSR count). The summed E-state index contributed by atoms with van der Waals surface area (Å²) in [5.41, 5.74) is 2.21. The maximum Gasteiger partial charge on any atom is 0.255 e. The number of benzene rings is 2. The van der Waals surface area contributed by atoms with Crippen molar-refractivity contribution >= 4 is 23.0 Å². The number of nitrogens with one attached hydrogen (secondary N) is 1. The lowest BCUT2D eigenvalue weighted by atomic mass is 10.00. The Bertz CT molecular complexity index is 849. The third-order valence-electron chi connectivity index (χ3n) is 3.33. The highest BCUT2D eigenvalue weighted by Crippen LogP contribution is 2.28. The Morgan fingerprint density at radius 1 is 1.26 bits per heavy atom. The minimum absolute atomic E-state index is 0.0386. The van der Waals surface area contributed by atoms with Crippen LogP contribution in [0.1, 0.15) is 11.1 Å². The molecule has 1 heterocycles. The molecule has 2 aromatic rings. The van der Waals surface area contributed by atoms with Gasteiger partial charge in [-0.1, -0.05) is 23.7 Å². The molecule has 0 aliphatic carbocycles. The Balaban J connectivity index is 2.19. The minimum Gasteiger partial charge on any atom is -0.352 e.